The lowest BCUT2D eigenvalue weighted by Gasteiger charge is -2.28. The Morgan fingerprint density at radius 2 is 2.15 bits per heavy atom. The van der Waals surface area contributed by atoms with Crippen molar-refractivity contribution in [2.45, 2.75) is 44.2 Å². The number of amides is 1. The molecule has 1 aliphatic carbocycles. The van der Waals surface area contributed by atoms with Gasteiger partial charge >= 0.3 is 5.90 Å². The molecule has 13 heavy (non-hydrogen) atoms. The van der Waals surface area contributed by atoms with E-state index in [0.29, 0.717) is 0 Å². The number of hydrogen-bond donors (Lipinski definition) is 3. The molecule has 0 aromatic heterocycles. The van der Waals surface area contributed by atoms with Crippen molar-refractivity contribution in [3.8, 4) is 0 Å². The molecule has 0 aromatic rings. The van der Waals surface area contributed by atoms with Gasteiger partial charge in [0.1, 0.15) is 0 Å². The molecule has 1 atom stereocenters. The molecule has 4 nitrogen and oxygen atoms in total. The lowest BCUT2D eigenvalue weighted by Crippen LogP contribution is -2.91. The smallest absolute Gasteiger partial charge is 0.359 e. The summed E-state index contributed by atoms with van der Waals surface area (Å²) in [5, 5.41) is 12.6. The van der Waals surface area contributed by atoms with Crippen LogP contribution in [0.25, 0.3) is 0 Å². The van der Waals surface area contributed by atoms with Gasteiger partial charge in [0, 0.05) is 6.92 Å². The summed E-state index contributed by atoms with van der Waals surface area (Å²) < 4.78 is 0. The summed E-state index contributed by atoms with van der Waals surface area (Å²) in [6.45, 7) is 1.74. The maximum atomic E-state index is 11.4. The third-order valence-electron chi connectivity index (χ3n) is 3.02. The van der Waals surface area contributed by atoms with Crippen molar-refractivity contribution in [3.05, 3.63) is 0 Å². The van der Waals surface area contributed by atoms with Crippen molar-refractivity contribution in [1.82, 2.24) is 5.32 Å². The second kappa shape index (κ2) is 2.72. The zero-order chi connectivity index (χ0) is 9.47. The van der Waals surface area contributed by atoms with Crippen LogP contribution in [0.5, 0.6) is 0 Å². The highest BCUT2D eigenvalue weighted by Gasteiger charge is 2.49. The van der Waals surface area contributed by atoms with Crippen LogP contribution in [-0.4, -0.2) is 28.5 Å². The van der Waals surface area contributed by atoms with Crippen molar-refractivity contribution >= 4 is 11.8 Å². The van der Waals surface area contributed by atoms with Gasteiger partial charge in [0.05, 0.1) is 0 Å². The Morgan fingerprint density at radius 3 is 2.77 bits per heavy atom. The van der Waals surface area contributed by atoms with Crippen LogP contribution in [-0.2, 0) is 4.79 Å². The predicted molar refractivity (Wildman–Crippen MR) is 47.4 cm³/mol. The summed E-state index contributed by atoms with van der Waals surface area (Å²) in [5.74, 6) is 0.233. The van der Waals surface area contributed by atoms with Crippen molar-refractivity contribution in [2.24, 2.45) is 0 Å². The van der Waals surface area contributed by atoms with Crippen LogP contribution in [0.4, 0.5) is 0 Å². The number of hydrogen-bond acceptors (Lipinski definition) is 1. The summed E-state index contributed by atoms with van der Waals surface area (Å²) in [5.41, 5.74) is -0.455. The van der Waals surface area contributed by atoms with E-state index < -0.39 is 5.54 Å². The normalized spacial score (nSPS) is 31.6. The van der Waals surface area contributed by atoms with E-state index in [2.05, 4.69) is 10.3 Å². The third-order valence-corrected chi connectivity index (χ3v) is 3.02. The molecule has 0 radical (unpaired) electrons. The monoisotopic (exact) mass is 183 g/mol. The van der Waals surface area contributed by atoms with Crippen LogP contribution >= 0.6 is 0 Å². The molecule has 1 saturated carbocycles. The van der Waals surface area contributed by atoms with Gasteiger partial charge in [0.15, 0.2) is 5.54 Å². The fourth-order valence-corrected chi connectivity index (χ4v) is 2.15. The number of carbonyl (C=O) groups excluding carboxylic acids is 1. The van der Waals surface area contributed by atoms with Crippen molar-refractivity contribution in [1.29, 1.82) is 0 Å². The summed E-state index contributed by atoms with van der Waals surface area (Å²) in [6.07, 6.45) is 3.84. The first-order valence-electron chi connectivity index (χ1n) is 4.79. The fourth-order valence-electron chi connectivity index (χ4n) is 2.15. The third kappa shape index (κ3) is 1.20. The molecule has 1 aliphatic heterocycles. The molecule has 1 fully saturated rings. The molecule has 4 heteroatoms. The molecule has 1 spiro atoms. The van der Waals surface area contributed by atoms with Crippen LogP contribution in [0.3, 0.4) is 0 Å². The van der Waals surface area contributed by atoms with Crippen LogP contribution in [0.2, 0.25) is 0 Å². The first kappa shape index (κ1) is 8.53. The molecule has 0 aromatic carbocycles. The van der Waals surface area contributed by atoms with Crippen molar-refractivity contribution in [2.75, 3.05) is 0 Å². The van der Waals surface area contributed by atoms with Crippen molar-refractivity contribution < 1.29 is 14.9 Å². The number of aliphatic hydroxyl groups excluding tert-OH is 1. The molecule has 3 N–H and O–H groups in total. The second-order valence-electron chi connectivity index (χ2n) is 3.99. The number of aliphatic hydroxyl groups is 1. The van der Waals surface area contributed by atoms with Crippen molar-refractivity contribution in [3.63, 3.8) is 0 Å². The maximum Gasteiger partial charge on any atom is 0.359 e. The van der Waals surface area contributed by atoms with E-state index in [1.165, 1.54) is 0 Å². The first-order valence-corrected chi connectivity index (χ1v) is 4.79. The molecule has 1 amide bonds. The van der Waals surface area contributed by atoms with Gasteiger partial charge in [0.25, 0.3) is 5.91 Å². The highest BCUT2D eigenvalue weighted by atomic mass is 16.3. The minimum Gasteiger partial charge on any atom is -0.462 e. The van der Waals surface area contributed by atoms with Gasteiger partial charge in [-0.2, -0.15) is 0 Å². The maximum absolute atomic E-state index is 11.4. The minimum absolute atomic E-state index is 0.0142. The van der Waals surface area contributed by atoms with Gasteiger partial charge in [-0.1, -0.05) is 12.8 Å². The van der Waals surface area contributed by atoms with E-state index in [0.717, 1.165) is 25.7 Å². The zero-order valence-electron chi connectivity index (χ0n) is 7.76. The van der Waals surface area contributed by atoms with E-state index in [1.807, 2.05) is 0 Å². The van der Waals surface area contributed by atoms with E-state index in [4.69, 9.17) is 0 Å². The average molecular weight is 183 g/mol. The highest BCUT2D eigenvalue weighted by Crippen LogP contribution is 2.29. The Morgan fingerprint density at radius 1 is 1.54 bits per heavy atom. The molecule has 0 saturated heterocycles. The molecule has 2 rings (SSSR count). The molecule has 0 unspecified atom stereocenters. The lowest BCUT2D eigenvalue weighted by atomic mass is 9.94. The standard InChI is InChI=1S/C9H14N2O2/c1-6-7(12)11-9(8(13)10-6)4-2-3-5-9/h6H,2-5H2,1H3,(H,10,13)(H,11,12)/p+1/t6-/m0/s1. The summed E-state index contributed by atoms with van der Waals surface area (Å²) in [4.78, 5) is 14.2. The van der Waals surface area contributed by atoms with Gasteiger partial charge in [0.2, 0.25) is 6.04 Å². The summed E-state index contributed by atoms with van der Waals surface area (Å²) >= 11 is 0. The molecule has 0 bridgehead atoms. The van der Waals surface area contributed by atoms with E-state index in [1.54, 1.807) is 6.92 Å². The van der Waals surface area contributed by atoms with Gasteiger partial charge in [-0.3, -0.25) is 4.79 Å². The SMILES string of the molecule is C[C@@H]1[NH+]=C(O)C2(CCCC2)NC1=O. The van der Waals surface area contributed by atoms with Crippen LogP contribution in [0.15, 0.2) is 0 Å². The zero-order valence-corrected chi connectivity index (χ0v) is 7.76. The van der Waals surface area contributed by atoms with Crippen LogP contribution in [0, 0.1) is 0 Å². The Labute approximate surface area is 77.0 Å². The topological polar surface area (TPSA) is 63.3 Å². The molecular weight excluding hydrogens is 168 g/mol. The largest absolute Gasteiger partial charge is 0.462 e. The van der Waals surface area contributed by atoms with Crippen LogP contribution < -0.4 is 10.3 Å². The van der Waals surface area contributed by atoms with Gasteiger partial charge in [-0.15, -0.1) is 0 Å². The molecular formula is C9H15N2O2+. The quantitative estimate of drug-likeness (QED) is 0.444. The first-order chi connectivity index (χ1) is 6.14. The van der Waals surface area contributed by atoms with E-state index in [9.17, 15) is 9.90 Å². The number of nitrogens with one attached hydrogen (secondary N) is 2. The molecule has 2 aliphatic rings. The van der Waals surface area contributed by atoms with Gasteiger partial charge in [-0.25, -0.2) is 4.99 Å². The molecule has 72 valence electrons. The Bertz CT molecular complexity index is 267. The van der Waals surface area contributed by atoms with E-state index in [-0.39, 0.29) is 17.8 Å². The predicted octanol–water partition coefficient (Wildman–Crippen LogP) is -1.15. The number of rotatable bonds is 0. The van der Waals surface area contributed by atoms with Gasteiger partial charge in [-0.05, 0) is 12.8 Å². The summed E-state index contributed by atoms with van der Waals surface area (Å²) in [6, 6.07) is -0.314. The van der Waals surface area contributed by atoms with E-state index >= 15 is 0 Å². The fraction of sp³-hybridized carbons (Fsp3) is 0.778. The lowest BCUT2D eigenvalue weighted by molar-refractivity contribution is -0.499. The minimum atomic E-state index is -0.455. The second-order valence-corrected chi connectivity index (χ2v) is 3.99. The Balaban J connectivity index is 2.30. The highest BCUT2D eigenvalue weighted by molar-refractivity contribution is 5.92. The van der Waals surface area contributed by atoms with Gasteiger partial charge < -0.3 is 10.4 Å². The number of carbonyl (C=O) groups is 1. The average Bonchev–Trinajstić information content (AvgIpc) is 2.51. The molecule has 1 heterocycles. The summed E-state index contributed by atoms with van der Waals surface area (Å²) in [7, 11) is 0. The van der Waals surface area contributed by atoms with Crippen LogP contribution in [0.1, 0.15) is 32.6 Å². The Hall–Kier alpha value is -1.06. The Kier molecular flexibility index (Phi) is 1.78.